The zero-order chi connectivity index (χ0) is 23.5. The van der Waals surface area contributed by atoms with Crippen LogP contribution in [-0.2, 0) is 4.74 Å². The molecule has 7 heteroatoms. The quantitative estimate of drug-likeness (QED) is 0.214. The summed E-state index contributed by atoms with van der Waals surface area (Å²) in [5.74, 6) is -2.83. The predicted octanol–water partition coefficient (Wildman–Crippen LogP) is 5.40. The van der Waals surface area contributed by atoms with Crippen molar-refractivity contribution in [3.05, 3.63) is 34.0 Å². The van der Waals surface area contributed by atoms with Crippen molar-refractivity contribution in [2.45, 2.75) is 71.1 Å². The van der Waals surface area contributed by atoms with E-state index in [0.717, 1.165) is 25.3 Å². The van der Waals surface area contributed by atoms with E-state index in [1.807, 2.05) is 0 Å². The first-order valence-electron chi connectivity index (χ1n) is 11.4. The Morgan fingerprint density at radius 3 is 2.00 bits per heavy atom. The van der Waals surface area contributed by atoms with Crippen molar-refractivity contribution in [2.24, 2.45) is 0 Å². The molecule has 2 rings (SSSR count). The Hall–Kier alpha value is -2.96. The van der Waals surface area contributed by atoms with Gasteiger partial charge in [-0.3, -0.25) is 4.79 Å². The summed E-state index contributed by atoms with van der Waals surface area (Å²) in [6.45, 7) is 2.45. The number of rotatable bonds is 13. The lowest BCUT2D eigenvalue weighted by Crippen LogP contribution is -2.08. The molecule has 2 aromatic carbocycles. The minimum absolute atomic E-state index is 0.0560. The predicted molar refractivity (Wildman–Crippen MR) is 124 cm³/mol. The van der Waals surface area contributed by atoms with Crippen molar-refractivity contribution >= 4 is 16.7 Å². The highest BCUT2D eigenvalue weighted by atomic mass is 16.5. The van der Waals surface area contributed by atoms with Gasteiger partial charge in [0.25, 0.3) is 0 Å². The van der Waals surface area contributed by atoms with E-state index in [1.165, 1.54) is 64.2 Å². The standard InChI is InChI=1S/C25H34O7/c1-3-4-5-6-7-8-9-10-11-12-13-32-25(30)18-14-17-16-20(31-2)23(28)24(29)21(17)22(27)19(26)15-18/h14-16,28-29H,3-13H2,1-2H3,(H,26,27). The zero-order valence-corrected chi connectivity index (χ0v) is 19.0. The number of unbranched alkanes of at least 4 members (excludes halogenated alkanes) is 9. The second-order valence-electron chi connectivity index (χ2n) is 8.02. The number of ether oxygens (including phenoxy) is 2. The van der Waals surface area contributed by atoms with Crippen LogP contribution in [0.5, 0.6) is 23.0 Å². The fourth-order valence-electron chi connectivity index (χ4n) is 3.67. The maximum Gasteiger partial charge on any atom is 0.338 e. The van der Waals surface area contributed by atoms with Gasteiger partial charge in [-0.25, -0.2) is 4.79 Å². The average molecular weight is 447 g/mol. The van der Waals surface area contributed by atoms with Gasteiger partial charge < -0.3 is 24.8 Å². The molecule has 0 bridgehead atoms. The summed E-state index contributed by atoms with van der Waals surface area (Å²) in [5.41, 5.74) is -0.926. The molecule has 7 nitrogen and oxygen atoms in total. The van der Waals surface area contributed by atoms with Crippen molar-refractivity contribution in [1.29, 1.82) is 0 Å². The molecule has 0 radical (unpaired) electrons. The normalized spacial score (nSPS) is 10.9. The van der Waals surface area contributed by atoms with Crippen LogP contribution >= 0.6 is 0 Å². The summed E-state index contributed by atoms with van der Waals surface area (Å²) in [7, 11) is 1.30. The van der Waals surface area contributed by atoms with Crippen molar-refractivity contribution in [1.82, 2.24) is 0 Å². The summed E-state index contributed by atoms with van der Waals surface area (Å²) in [6.07, 6.45) is 11.7. The Morgan fingerprint density at radius 2 is 1.41 bits per heavy atom. The second-order valence-corrected chi connectivity index (χ2v) is 8.02. The summed E-state index contributed by atoms with van der Waals surface area (Å²) in [4.78, 5) is 24.7. The van der Waals surface area contributed by atoms with Gasteiger partial charge in [0.05, 0.1) is 24.7 Å². The van der Waals surface area contributed by atoms with Gasteiger partial charge in [0.1, 0.15) is 0 Å². The summed E-state index contributed by atoms with van der Waals surface area (Å²) >= 11 is 0. The first-order valence-corrected chi connectivity index (χ1v) is 11.4. The SMILES string of the molecule is CCCCCCCCCCCCOC(=O)c1cc(=O)c(O)c2c(O)c(O)c(OC)cc2c1. The molecule has 0 atom stereocenters. The molecule has 0 amide bonds. The summed E-state index contributed by atoms with van der Waals surface area (Å²) < 4.78 is 10.3. The van der Waals surface area contributed by atoms with Crippen LogP contribution in [0, 0.1) is 0 Å². The number of benzene rings is 1. The van der Waals surface area contributed by atoms with Gasteiger partial charge in [0, 0.05) is 6.07 Å². The molecule has 2 aromatic rings. The van der Waals surface area contributed by atoms with E-state index < -0.39 is 28.6 Å². The smallest absolute Gasteiger partial charge is 0.338 e. The number of esters is 1. The van der Waals surface area contributed by atoms with Gasteiger partial charge in [0.2, 0.25) is 11.2 Å². The van der Waals surface area contributed by atoms with Crippen LogP contribution in [-0.4, -0.2) is 35.0 Å². The van der Waals surface area contributed by atoms with Crippen molar-refractivity contribution < 1.29 is 29.6 Å². The average Bonchev–Trinajstić information content (AvgIpc) is 2.90. The van der Waals surface area contributed by atoms with Gasteiger partial charge in [-0.1, -0.05) is 64.7 Å². The van der Waals surface area contributed by atoms with Gasteiger partial charge in [-0.2, -0.15) is 0 Å². The van der Waals surface area contributed by atoms with Crippen LogP contribution in [0.2, 0.25) is 0 Å². The molecule has 0 saturated carbocycles. The Bertz CT molecular complexity index is 969. The highest BCUT2D eigenvalue weighted by Gasteiger charge is 2.19. The highest BCUT2D eigenvalue weighted by molar-refractivity contribution is 6.00. The lowest BCUT2D eigenvalue weighted by Gasteiger charge is -2.08. The number of carbonyl (C=O) groups is 1. The fourth-order valence-corrected chi connectivity index (χ4v) is 3.67. The molecule has 0 aliphatic carbocycles. The molecular weight excluding hydrogens is 412 g/mol. The van der Waals surface area contributed by atoms with Gasteiger partial charge in [0.15, 0.2) is 17.2 Å². The highest BCUT2D eigenvalue weighted by Crippen LogP contribution is 2.43. The van der Waals surface area contributed by atoms with Crippen LogP contribution in [0.25, 0.3) is 10.8 Å². The van der Waals surface area contributed by atoms with Gasteiger partial charge >= 0.3 is 5.97 Å². The molecule has 3 N–H and O–H groups in total. The molecule has 32 heavy (non-hydrogen) atoms. The van der Waals surface area contributed by atoms with E-state index in [1.54, 1.807) is 0 Å². The van der Waals surface area contributed by atoms with E-state index in [4.69, 9.17) is 9.47 Å². The zero-order valence-electron chi connectivity index (χ0n) is 19.0. The van der Waals surface area contributed by atoms with Gasteiger partial charge in [-0.15, -0.1) is 0 Å². The monoisotopic (exact) mass is 446 g/mol. The largest absolute Gasteiger partial charge is 0.504 e. The topological polar surface area (TPSA) is 113 Å². The number of hydrogen-bond acceptors (Lipinski definition) is 7. The van der Waals surface area contributed by atoms with E-state index in [-0.39, 0.29) is 28.7 Å². The molecule has 0 unspecified atom stereocenters. The Balaban J connectivity index is 1.94. The molecule has 0 fully saturated rings. The summed E-state index contributed by atoms with van der Waals surface area (Å²) in [5, 5.41) is 30.2. The minimum Gasteiger partial charge on any atom is -0.504 e. The number of methoxy groups -OCH3 is 1. The number of carbonyl (C=O) groups excluding carboxylic acids is 1. The van der Waals surface area contributed by atoms with Crippen LogP contribution in [0.4, 0.5) is 0 Å². The number of fused-ring (bicyclic) bond motifs is 1. The number of aromatic hydroxyl groups is 3. The summed E-state index contributed by atoms with van der Waals surface area (Å²) in [6, 6.07) is 3.60. The molecule has 0 aromatic heterocycles. The van der Waals surface area contributed by atoms with Crippen molar-refractivity contribution in [2.75, 3.05) is 13.7 Å². The van der Waals surface area contributed by atoms with Crippen molar-refractivity contribution in [3.63, 3.8) is 0 Å². The Kier molecular flexibility index (Phi) is 10.1. The third-order valence-corrected chi connectivity index (χ3v) is 5.52. The van der Waals surface area contributed by atoms with E-state index >= 15 is 0 Å². The third-order valence-electron chi connectivity index (χ3n) is 5.52. The Morgan fingerprint density at radius 1 is 0.812 bits per heavy atom. The first kappa shape index (κ1) is 25.3. The number of phenolic OH excluding ortho intramolecular Hbond substituents is 2. The molecule has 176 valence electrons. The molecule has 0 aliphatic rings. The Labute approximate surface area is 188 Å². The van der Waals surface area contributed by atoms with Crippen LogP contribution in [0.3, 0.4) is 0 Å². The molecule has 0 aliphatic heterocycles. The number of phenols is 2. The number of hydrogen-bond donors (Lipinski definition) is 3. The maximum absolute atomic E-state index is 12.5. The maximum atomic E-state index is 12.5. The lowest BCUT2D eigenvalue weighted by atomic mass is 10.1. The van der Waals surface area contributed by atoms with Crippen LogP contribution in [0.15, 0.2) is 23.0 Å². The van der Waals surface area contributed by atoms with Crippen LogP contribution in [0.1, 0.15) is 81.5 Å². The van der Waals surface area contributed by atoms with E-state index in [9.17, 15) is 24.9 Å². The molecule has 0 spiro atoms. The molecular formula is C25H34O7. The lowest BCUT2D eigenvalue weighted by molar-refractivity contribution is 0.0498. The van der Waals surface area contributed by atoms with Crippen molar-refractivity contribution in [3.8, 4) is 23.0 Å². The van der Waals surface area contributed by atoms with Crippen LogP contribution < -0.4 is 10.2 Å². The first-order chi connectivity index (χ1) is 15.4. The molecule has 0 heterocycles. The van der Waals surface area contributed by atoms with E-state index in [0.29, 0.717) is 0 Å². The molecule has 0 saturated heterocycles. The van der Waals surface area contributed by atoms with E-state index in [2.05, 4.69) is 6.92 Å². The minimum atomic E-state index is -0.870. The second kappa shape index (κ2) is 12.8. The third kappa shape index (κ3) is 6.77. The fraction of sp³-hybridized carbons (Fsp3) is 0.520. The van der Waals surface area contributed by atoms with Gasteiger partial charge in [-0.05, 0) is 23.9 Å².